The van der Waals surface area contributed by atoms with Gasteiger partial charge in [-0.1, -0.05) is 36.1 Å². The second-order valence-corrected chi connectivity index (χ2v) is 5.17. The fourth-order valence-corrected chi connectivity index (χ4v) is 2.09. The van der Waals surface area contributed by atoms with E-state index in [1.807, 2.05) is 48.5 Å². The molecule has 0 aromatic heterocycles. The molecule has 0 amide bonds. The Morgan fingerprint density at radius 1 is 1.05 bits per heavy atom. The highest BCUT2D eigenvalue weighted by Crippen LogP contribution is 2.14. The maximum absolute atomic E-state index is 10.5. The third kappa shape index (κ3) is 4.25. The van der Waals surface area contributed by atoms with Crippen molar-refractivity contribution in [3.05, 3.63) is 69.7 Å². The monoisotopic (exact) mass is 328 g/mol. The highest BCUT2D eigenvalue weighted by atomic mass is 79.9. The molecule has 3 heteroatoms. The van der Waals surface area contributed by atoms with Gasteiger partial charge in [0, 0.05) is 22.0 Å². The molecule has 0 saturated heterocycles. The molecule has 0 fully saturated rings. The standard InChI is InChI=1S/C17H13BrO2/c18-16-4-2-1-3-15(16)11-9-13-5-7-14(8-6-13)10-12-17(19)20/h1-8H,10,12H2,(H,19,20). The lowest BCUT2D eigenvalue weighted by atomic mass is 10.1. The van der Waals surface area contributed by atoms with Gasteiger partial charge < -0.3 is 5.11 Å². The summed E-state index contributed by atoms with van der Waals surface area (Å²) >= 11 is 3.46. The zero-order valence-electron chi connectivity index (χ0n) is 10.8. The van der Waals surface area contributed by atoms with Gasteiger partial charge in [0.1, 0.15) is 0 Å². The van der Waals surface area contributed by atoms with E-state index < -0.39 is 5.97 Å². The average molecular weight is 329 g/mol. The van der Waals surface area contributed by atoms with Crippen LogP contribution in [-0.2, 0) is 11.2 Å². The van der Waals surface area contributed by atoms with Crippen molar-refractivity contribution in [2.75, 3.05) is 0 Å². The summed E-state index contributed by atoms with van der Waals surface area (Å²) in [5.74, 6) is 5.43. The van der Waals surface area contributed by atoms with Crippen LogP contribution in [0.25, 0.3) is 0 Å². The van der Waals surface area contributed by atoms with Crippen molar-refractivity contribution in [2.24, 2.45) is 0 Å². The number of carbonyl (C=O) groups is 1. The van der Waals surface area contributed by atoms with Gasteiger partial charge in [0.05, 0.1) is 0 Å². The molecule has 0 radical (unpaired) electrons. The summed E-state index contributed by atoms with van der Waals surface area (Å²) in [4.78, 5) is 10.5. The van der Waals surface area contributed by atoms with E-state index >= 15 is 0 Å². The van der Waals surface area contributed by atoms with Crippen LogP contribution in [0.4, 0.5) is 0 Å². The summed E-state index contributed by atoms with van der Waals surface area (Å²) in [6, 6.07) is 15.5. The van der Waals surface area contributed by atoms with Gasteiger partial charge in [0.25, 0.3) is 0 Å². The normalized spacial score (nSPS) is 9.65. The van der Waals surface area contributed by atoms with E-state index in [4.69, 9.17) is 5.11 Å². The van der Waals surface area contributed by atoms with E-state index in [0.29, 0.717) is 6.42 Å². The lowest BCUT2D eigenvalue weighted by Crippen LogP contribution is -1.97. The molecular weight excluding hydrogens is 316 g/mol. The largest absolute Gasteiger partial charge is 0.481 e. The maximum atomic E-state index is 10.5. The van der Waals surface area contributed by atoms with Crippen LogP contribution < -0.4 is 0 Å². The average Bonchev–Trinajstić information content (AvgIpc) is 2.45. The number of hydrogen-bond acceptors (Lipinski definition) is 1. The zero-order chi connectivity index (χ0) is 14.4. The van der Waals surface area contributed by atoms with E-state index in [2.05, 4.69) is 27.8 Å². The minimum absolute atomic E-state index is 0.155. The summed E-state index contributed by atoms with van der Waals surface area (Å²) in [7, 11) is 0. The van der Waals surface area contributed by atoms with Crippen LogP contribution in [0.15, 0.2) is 53.0 Å². The van der Waals surface area contributed by atoms with Crippen LogP contribution in [0.3, 0.4) is 0 Å². The number of halogens is 1. The van der Waals surface area contributed by atoms with E-state index in [0.717, 1.165) is 21.2 Å². The molecule has 2 nitrogen and oxygen atoms in total. The van der Waals surface area contributed by atoms with E-state index in [1.165, 1.54) is 0 Å². The molecule has 2 aromatic rings. The SMILES string of the molecule is O=C(O)CCc1ccc(C#Cc2ccccc2Br)cc1. The Bertz CT molecular complexity index is 663. The Kier molecular flexibility index (Phi) is 4.97. The van der Waals surface area contributed by atoms with Crippen LogP contribution in [0.1, 0.15) is 23.1 Å². The molecule has 0 atom stereocenters. The lowest BCUT2D eigenvalue weighted by Gasteiger charge is -1.98. The summed E-state index contributed by atoms with van der Waals surface area (Å²) in [5.41, 5.74) is 2.88. The molecule has 0 aliphatic rings. The number of aliphatic carboxylic acids is 1. The molecule has 0 heterocycles. The smallest absolute Gasteiger partial charge is 0.303 e. The van der Waals surface area contributed by atoms with Crippen LogP contribution in [-0.4, -0.2) is 11.1 Å². The first-order chi connectivity index (χ1) is 9.65. The van der Waals surface area contributed by atoms with Crippen LogP contribution >= 0.6 is 15.9 Å². The molecule has 2 aromatic carbocycles. The molecule has 0 aliphatic carbocycles. The summed E-state index contributed by atoms with van der Waals surface area (Å²) in [6.07, 6.45) is 0.704. The van der Waals surface area contributed by atoms with Crippen molar-refractivity contribution in [1.82, 2.24) is 0 Å². The minimum Gasteiger partial charge on any atom is -0.481 e. The lowest BCUT2D eigenvalue weighted by molar-refractivity contribution is -0.136. The Labute approximate surface area is 126 Å². The fourth-order valence-electron chi connectivity index (χ4n) is 1.71. The first kappa shape index (κ1) is 14.4. The Morgan fingerprint density at radius 2 is 1.75 bits per heavy atom. The molecule has 0 unspecified atom stereocenters. The van der Waals surface area contributed by atoms with Crippen molar-refractivity contribution in [2.45, 2.75) is 12.8 Å². The highest BCUT2D eigenvalue weighted by molar-refractivity contribution is 9.10. The number of aryl methyl sites for hydroxylation is 1. The van der Waals surface area contributed by atoms with Gasteiger partial charge in [-0.3, -0.25) is 4.79 Å². The van der Waals surface area contributed by atoms with Crippen LogP contribution in [0, 0.1) is 11.8 Å². The van der Waals surface area contributed by atoms with Crippen LogP contribution in [0.2, 0.25) is 0 Å². The van der Waals surface area contributed by atoms with Gasteiger partial charge in [-0.25, -0.2) is 0 Å². The van der Waals surface area contributed by atoms with E-state index in [1.54, 1.807) is 0 Å². The van der Waals surface area contributed by atoms with Crippen molar-refractivity contribution >= 4 is 21.9 Å². The fraction of sp³-hybridized carbons (Fsp3) is 0.118. The molecule has 0 saturated carbocycles. The van der Waals surface area contributed by atoms with Gasteiger partial charge in [-0.2, -0.15) is 0 Å². The van der Waals surface area contributed by atoms with Crippen molar-refractivity contribution in [3.8, 4) is 11.8 Å². The van der Waals surface area contributed by atoms with E-state index in [-0.39, 0.29) is 6.42 Å². The maximum Gasteiger partial charge on any atom is 0.303 e. The minimum atomic E-state index is -0.775. The van der Waals surface area contributed by atoms with E-state index in [9.17, 15) is 4.79 Å². The number of rotatable bonds is 3. The zero-order valence-corrected chi connectivity index (χ0v) is 12.4. The Morgan fingerprint density at radius 3 is 2.40 bits per heavy atom. The summed E-state index contributed by atoms with van der Waals surface area (Å²) in [6.45, 7) is 0. The van der Waals surface area contributed by atoms with Crippen molar-refractivity contribution in [3.63, 3.8) is 0 Å². The Balaban J connectivity index is 2.08. The summed E-state index contributed by atoms with van der Waals surface area (Å²) < 4.78 is 0.977. The molecular formula is C17H13BrO2. The number of benzene rings is 2. The van der Waals surface area contributed by atoms with Gasteiger partial charge >= 0.3 is 5.97 Å². The molecule has 100 valence electrons. The first-order valence-corrected chi connectivity index (χ1v) is 7.02. The number of carboxylic acid groups (broad SMARTS) is 1. The first-order valence-electron chi connectivity index (χ1n) is 6.22. The second-order valence-electron chi connectivity index (χ2n) is 4.32. The topological polar surface area (TPSA) is 37.3 Å². The van der Waals surface area contributed by atoms with Crippen molar-refractivity contribution in [1.29, 1.82) is 0 Å². The highest BCUT2D eigenvalue weighted by Gasteiger charge is 1.98. The summed E-state index contributed by atoms with van der Waals surface area (Å²) in [5, 5.41) is 8.64. The number of carboxylic acids is 1. The van der Waals surface area contributed by atoms with Gasteiger partial charge in [0.2, 0.25) is 0 Å². The molecule has 1 N–H and O–H groups in total. The number of hydrogen-bond donors (Lipinski definition) is 1. The Hall–Kier alpha value is -2.05. The molecule has 0 aliphatic heterocycles. The third-order valence-corrected chi connectivity index (χ3v) is 3.49. The van der Waals surface area contributed by atoms with Gasteiger partial charge in [0.15, 0.2) is 0 Å². The van der Waals surface area contributed by atoms with Gasteiger partial charge in [-0.05, 0) is 52.2 Å². The predicted octanol–water partition coefficient (Wildman–Crippen LogP) is 3.87. The third-order valence-electron chi connectivity index (χ3n) is 2.80. The molecule has 2 rings (SSSR count). The molecule has 0 spiro atoms. The van der Waals surface area contributed by atoms with Crippen LogP contribution in [0.5, 0.6) is 0 Å². The quantitative estimate of drug-likeness (QED) is 0.868. The van der Waals surface area contributed by atoms with Gasteiger partial charge in [-0.15, -0.1) is 0 Å². The molecule has 20 heavy (non-hydrogen) atoms. The molecule has 0 bridgehead atoms. The predicted molar refractivity (Wildman–Crippen MR) is 82.5 cm³/mol. The second kappa shape index (κ2) is 6.93. The van der Waals surface area contributed by atoms with Crippen molar-refractivity contribution < 1.29 is 9.90 Å².